The molecule has 4 heterocycles. The molecule has 0 radical (unpaired) electrons. The summed E-state index contributed by atoms with van der Waals surface area (Å²) in [4.78, 5) is 16.6. The molecule has 4 aromatic rings. The molecule has 4 N–H and O–H groups in total. The maximum Gasteiger partial charge on any atom is 0.247 e. The number of anilines is 3. The van der Waals surface area contributed by atoms with Gasteiger partial charge in [0.1, 0.15) is 11.6 Å². The minimum absolute atomic E-state index is 0.171. The van der Waals surface area contributed by atoms with Crippen molar-refractivity contribution in [1.29, 1.82) is 0 Å². The van der Waals surface area contributed by atoms with Crippen molar-refractivity contribution in [2.75, 3.05) is 22.5 Å². The Morgan fingerprint density at radius 1 is 1.26 bits per heavy atom. The summed E-state index contributed by atoms with van der Waals surface area (Å²) in [5.41, 5.74) is 4.73. The van der Waals surface area contributed by atoms with Gasteiger partial charge in [-0.15, -0.1) is 0 Å². The average Bonchev–Trinajstić information content (AvgIpc) is 3.56. The minimum Gasteiger partial charge on any atom is -0.366 e. The molecule has 0 saturated carbocycles. The molecule has 1 saturated heterocycles. The zero-order valence-electron chi connectivity index (χ0n) is 23.0. The third-order valence-electron chi connectivity index (χ3n) is 7.10. The van der Waals surface area contributed by atoms with Crippen LogP contribution in [-0.4, -0.2) is 48.4 Å². The van der Waals surface area contributed by atoms with Crippen LogP contribution in [0.3, 0.4) is 0 Å². The highest BCUT2D eigenvalue weighted by Crippen LogP contribution is 2.26. The number of piperidine rings is 1. The van der Waals surface area contributed by atoms with Crippen LogP contribution in [0.2, 0.25) is 0 Å². The van der Waals surface area contributed by atoms with E-state index in [-0.39, 0.29) is 11.4 Å². The van der Waals surface area contributed by atoms with Crippen LogP contribution in [0.15, 0.2) is 61.6 Å². The van der Waals surface area contributed by atoms with Crippen molar-refractivity contribution in [2.45, 2.75) is 64.6 Å². The van der Waals surface area contributed by atoms with Gasteiger partial charge in [-0.3, -0.25) is 4.79 Å². The molecule has 0 spiro atoms. The standard InChI is InChI=1S/C29H37N9O/c1-6-27(39)35-22-16-32-37(18-22)23-9-7-8-20(12-23)14-30-26-13-25(34-21-10-11-29(4,5)31-15-21)36-28-24(19(2)3)17-33-38(26)28/h6-9,12-13,16-19,21,30-31H,1,10-11,14-15H2,2-5H3,(H,34,36)(H,35,39)/t21-/m0/s1. The van der Waals surface area contributed by atoms with Gasteiger partial charge in [0.05, 0.1) is 30.0 Å². The summed E-state index contributed by atoms with van der Waals surface area (Å²) in [7, 11) is 0. The number of nitrogens with zero attached hydrogens (tertiary/aromatic N) is 5. The van der Waals surface area contributed by atoms with Gasteiger partial charge >= 0.3 is 0 Å². The Bertz CT molecular complexity index is 1470. The zero-order valence-corrected chi connectivity index (χ0v) is 23.0. The normalized spacial score (nSPS) is 16.8. The van der Waals surface area contributed by atoms with Gasteiger partial charge in [-0.2, -0.15) is 14.7 Å². The lowest BCUT2D eigenvalue weighted by Gasteiger charge is -2.36. The summed E-state index contributed by atoms with van der Waals surface area (Å²) >= 11 is 0. The van der Waals surface area contributed by atoms with E-state index in [1.54, 1.807) is 17.1 Å². The highest BCUT2D eigenvalue weighted by molar-refractivity contribution is 5.98. The van der Waals surface area contributed by atoms with E-state index < -0.39 is 0 Å². The van der Waals surface area contributed by atoms with E-state index in [1.807, 2.05) is 28.9 Å². The predicted molar refractivity (Wildman–Crippen MR) is 156 cm³/mol. The van der Waals surface area contributed by atoms with Crippen molar-refractivity contribution in [3.05, 3.63) is 72.7 Å². The molecule has 1 aromatic carbocycles. The van der Waals surface area contributed by atoms with Gasteiger partial charge < -0.3 is 21.3 Å². The number of rotatable bonds is 9. The van der Waals surface area contributed by atoms with Crippen molar-refractivity contribution < 1.29 is 4.79 Å². The number of aromatic nitrogens is 5. The first kappa shape index (κ1) is 26.4. The Balaban J connectivity index is 1.36. The van der Waals surface area contributed by atoms with Crippen LogP contribution in [0.4, 0.5) is 17.3 Å². The fraction of sp³-hybridized carbons (Fsp3) is 0.379. The fourth-order valence-corrected chi connectivity index (χ4v) is 4.77. The lowest BCUT2D eigenvalue weighted by atomic mass is 9.91. The Morgan fingerprint density at radius 3 is 2.85 bits per heavy atom. The molecule has 1 atom stereocenters. The van der Waals surface area contributed by atoms with Gasteiger partial charge in [-0.1, -0.05) is 32.6 Å². The molecule has 204 valence electrons. The molecular weight excluding hydrogens is 490 g/mol. The Labute approximate surface area is 228 Å². The molecule has 10 heteroatoms. The van der Waals surface area contributed by atoms with E-state index >= 15 is 0 Å². The lowest BCUT2D eigenvalue weighted by molar-refractivity contribution is -0.111. The summed E-state index contributed by atoms with van der Waals surface area (Å²) in [5.74, 6) is 1.76. The molecular formula is C29H37N9O. The van der Waals surface area contributed by atoms with E-state index in [1.165, 1.54) is 6.08 Å². The number of hydrogen-bond acceptors (Lipinski definition) is 7. The van der Waals surface area contributed by atoms with E-state index in [2.05, 4.69) is 77.9 Å². The molecule has 5 rings (SSSR count). The van der Waals surface area contributed by atoms with Crippen molar-refractivity contribution in [2.24, 2.45) is 0 Å². The van der Waals surface area contributed by atoms with E-state index in [4.69, 9.17) is 4.98 Å². The van der Waals surface area contributed by atoms with Crippen LogP contribution in [0.1, 0.15) is 57.6 Å². The van der Waals surface area contributed by atoms with Crippen LogP contribution < -0.4 is 21.3 Å². The van der Waals surface area contributed by atoms with Crippen LogP contribution in [0.25, 0.3) is 11.3 Å². The van der Waals surface area contributed by atoms with Gasteiger partial charge in [-0.25, -0.2) is 9.67 Å². The number of carbonyl (C=O) groups is 1. The topological polar surface area (TPSA) is 113 Å². The second kappa shape index (κ2) is 10.9. The van der Waals surface area contributed by atoms with Gasteiger partial charge in [0, 0.05) is 36.3 Å². The Morgan fingerprint density at radius 2 is 2.10 bits per heavy atom. The SMILES string of the molecule is C=CC(=O)Nc1cnn(-c2cccc(CNc3cc(N[C@H]4CCC(C)(C)NC4)nc4c(C(C)C)cnn34)c2)c1. The number of hydrogen-bond donors (Lipinski definition) is 4. The van der Waals surface area contributed by atoms with Gasteiger partial charge in [0.25, 0.3) is 0 Å². The van der Waals surface area contributed by atoms with Crippen LogP contribution >= 0.6 is 0 Å². The quantitative estimate of drug-likeness (QED) is 0.233. The molecule has 1 aliphatic heterocycles. The lowest BCUT2D eigenvalue weighted by Crippen LogP contribution is -2.50. The van der Waals surface area contributed by atoms with Gasteiger partial charge in [-0.05, 0) is 56.4 Å². The summed E-state index contributed by atoms with van der Waals surface area (Å²) in [5, 5.41) is 22.6. The first-order valence-electron chi connectivity index (χ1n) is 13.4. The van der Waals surface area contributed by atoms with E-state index in [0.717, 1.165) is 53.5 Å². The molecule has 1 fully saturated rings. The molecule has 1 amide bonds. The summed E-state index contributed by atoms with van der Waals surface area (Å²) in [6, 6.07) is 10.5. The van der Waals surface area contributed by atoms with Gasteiger partial charge in [0.15, 0.2) is 5.65 Å². The third kappa shape index (κ3) is 6.12. The number of amides is 1. The highest BCUT2D eigenvalue weighted by atomic mass is 16.1. The number of fused-ring (bicyclic) bond motifs is 1. The summed E-state index contributed by atoms with van der Waals surface area (Å²) < 4.78 is 3.62. The monoisotopic (exact) mass is 527 g/mol. The average molecular weight is 528 g/mol. The highest BCUT2D eigenvalue weighted by Gasteiger charge is 2.26. The maximum atomic E-state index is 11.6. The van der Waals surface area contributed by atoms with Gasteiger partial charge in [0.2, 0.25) is 5.91 Å². The van der Waals surface area contributed by atoms with Crippen LogP contribution in [0.5, 0.6) is 0 Å². The second-order valence-corrected chi connectivity index (χ2v) is 11.1. The zero-order chi connectivity index (χ0) is 27.6. The van der Waals surface area contributed by atoms with Crippen molar-refractivity contribution in [1.82, 2.24) is 29.7 Å². The van der Waals surface area contributed by atoms with Crippen molar-refractivity contribution in [3.8, 4) is 5.69 Å². The van der Waals surface area contributed by atoms with Crippen molar-refractivity contribution in [3.63, 3.8) is 0 Å². The third-order valence-corrected chi connectivity index (χ3v) is 7.10. The first-order chi connectivity index (χ1) is 18.7. The molecule has 10 nitrogen and oxygen atoms in total. The second-order valence-electron chi connectivity index (χ2n) is 11.1. The number of benzene rings is 1. The van der Waals surface area contributed by atoms with E-state index in [0.29, 0.717) is 24.2 Å². The Kier molecular flexibility index (Phi) is 7.38. The Hall–Kier alpha value is -4.18. The maximum absolute atomic E-state index is 11.6. The molecule has 0 bridgehead atoms. The first-order valence-corrected chi connectivity index (χ1v) is 13.4. The van der Waals surface area contributed by atoms with E-state index in [9.17, 15) is 4.79 Å². The van der Waals surface area contributed by atoms with Crippen LogP contribution in [0, 0.1) is 0 Å². The minimum atomic E-state index is -0.271. The molecule has 1 aliphatic rings. The summed E-state index contributed by atoms with van der Waals surface area (Å²) in [6.45, 7) is 13.8. The molecule has 0 unspecified atom stereocenters. The number of nitrogens with one attached hydrogen (secondary N) is 4. The molecule has 0 aliphatic carbocycles. The summed E-state index contributed by atoms with van der Waals surface area (Å²) in [6.07, 6.45) is 8.73. The molecule has 39 heavy (non-hydrogen) atoms. The number of carbonyl (C=O) groups excluding carboxylic acids is 1. The molecule has 3 aromatic heterocycles. The fourth-order valence-electron chi connectivity index (χ4n) is 4.77. The predicted octanol–water partition coefficient (Wildman–Crippen LogP) is 4.72. The largest absolute Gasteiger partial charge is 0.366 e. The van der Waals surface area contributed by atoms with Crippen molar-refractivity contribution >= 4 is 28.9 Å². The van der Waals surface area contributed by atoms with Crippen LogP contribution in [-0.2, 0) is 11.3 Å². The smallest absolute Gasteiger partial charge is 0.247 e.